The molecule has 2 saturated heterocycles. The molecule has 0 aromatic rings. The summed E-state index contributed by atoms with van der Waals surface area (Å²) in [6.07, 6.45) is 1.70. The molecule has 2 bridgehead atoms. The molecular weight excluding hydrogens is 204 g/mol. The highest BCUT2D eigenvalue weighted by Gasteiger charge is 2.39. The predicted molar refractivity (Wildman–Crippen MR) is 63.0 cm³/mol. The molecule has 0 amide bonds. The number of hydrogen-bond donors (Lipinski definition) is 1. The monoisotopic (exact) mass is 226 g/mol. The van der Waals surface area contributed by atoms with Crippen molar-refractivity contribution in [3.63, 3.8) is 0 Å². The Hall–Kier alpha value is -0.610. The summed E-state index contributed by atoms with van der Waals surface area (Å²) >= 11 is 0. The Morgan fingerprint density at radius 2 is 1.88 bits per heavy atom. The zero-order valence-electron chi connectivity index (χ0n) is 10.4. The molecule has 0 aliphatic carbocycles. The topological polar surface area (TPSA) is 45.1 Å². The normalized spacial score (nSPS) is 31.6. The molecule has 2 unspecified atom stereocenters. The van der Waals surface area contributed by atoms with Crippen molar-refractivity contribution in [2.45, 2.75) is 45.7 Å². The molecule has 2 heterocycles. The molecule has 2 atom stereocenters. The van der Waals surface area contributed by atoms with E-state index in [0.29, 0.717) is 17.5 Å². The van der Waals surface area contributed by atoms with Crippen LogP contribution in [0, 0.1) is 5.41 Å². The van der Waals surface area contributed by atoms with Gasteiger partial charge in [-0.3, -0.25) is 4.90 Å². The molecule has 0 spiro atoms. The van der Waals surface area contributed by atoms with Gasteiger partial charge in [0.2, 0.25) is 0 Å². The van der Waals surface area contributed by atoms with E-state index in [1.165, 1.54) is 0 Å². The summed E-state index contributed by atoms with van der Waals surface area (Å²) in [4.78, 5) is 2.54. The maximum Gasteiger partial charge on any atom is 0.0626 e. The van der Waals surface area contributed by atoms with E-state index in [4.69, 9.17) is 9.94 Å². The first-order chi connectivity index (χ1) is 7.49. The average molecular weight is 226 g/mol. The van der Waals surface area contributed by atoms with Gasteiger partial charge in [-0.2, -0.15) is 0 Å². The van der Waals surface area contributed by atoms with Crippen LogP contribution in [0.1, 0.15) is 33.6 Å². The molecule has 0 saturated carbocycles. The lowest BCUT2D eigenvalue weighted by atomic mass is 9.88. The fraction of sp³-hybridized carbons (Fsp3) is 0.917. The summed E-state index contributed by atoms with van der Waals surface area (Å²) in [5, 5.41) is 12.3. The first-order valence-electron chi connectivity index (χ1n) is 6.03. The number of morpholine rings is 1. The van der Waals surface area contributed by atoms with Crippen molar-refractivity contribution in [1.29, 1.82) is 0 Å². The third kappa shape index (κ3) is 2.55. The van der Waals surface area contributed by atoms with Crippen LogP contribution in [0.25, 0.3) is 0 Å². The predicted octanol–water partition coefficient (Wildman–Crippen LogP) is 1.73. The van der Waals surface area contributed by atoms with E-state index in [-0.39, 0.29) is 0 Å². The number of piperidine rings is 1. The second kappa shape index (κ2) is 4.34. The Labute approximate surface area is 97.3 Å². The third-order valence-corrected chi connectivity index (χ3v) is 3.30. The summed E-state index contributed by atoms with van der Waals surface area (Å²) in [6.45, 7) is 9.42. The molecule has 2 aliphatic heterocycles. The van der Waals surface area contributed by atoms with Gasteiger partial charge in [-0.05, 0) is 5.41 Å². The molecule has 0 aromatic carbocycles. The second-order valence-electron chi connectivity index (χ2n) is 6.15. The first kappa shape index (κ1) is 11.9. The maximum absolute atomic E-state index is 8.89. The number of fused-ring (bicyclic) bond motifs is 2. The second-order valence-corrected chi connectivity index (χ2v) is 6.15. The Morgan fingerprint density at radius 3 is 2.31 bits per heavy atom. The highest BCUT2D eigenvalue weighted by Crippen LogP contribution is 2.29. The Kier molecular flexibility index (Phi) is 3.22. The van der Waals surface area contributed by atoms with Crippen LogP contribution in [0.2, 0.25) is 0 Å². The van der Waals surface area contributed by atoms with Crippen molar-refractivity contribution in [3.8, 4) is 0 Å². The summed E-state index contributed by atoms with van der Waals surface area (Å²) in [6, 6.07) is 0.801. The van der Waals surface area contributed by atoms with Crippen LogP contribution in [0.3, 0.4) is 0 Å². The molecule has 2 aliphatic rings. The zero-order chi connectivity index (χ0) is 11.8. The van der Waals surface area contributed by atoms with Crippen molar-refractivity contribution < 1.29 is 9.94 Å². The van der Waals surface area contributed by atoms with E-state index in [9.17, 15) is 0 Å². The molecule has 2 rings (SSSR count). The molecule has 1 N–H and O–H groups in total. The molecule has 0 radical (unpaired) electrons. The van der Waals surface area contributed by atoms with E-state index in [2.05, 4.69) is 30.8 Å². The minimum Gasteiger partial charge on any atom is -0.411 e. The fourth-order valence-electron chi connectivity index (χ4n) is 2.70. The van der Waals surface area contributed by atoms with Crippen molar-refractivity contribution in [3.05, 3.63) is 0 Å². The molecule has 4 nitrogen and oxygen atoms in total. The quantitative estimate of drug-likeness (QED) is 0.547. The highest BCUT2D eigenvalue weighted by atomic mass is 16.5. The Morgan fingerprint density at radius 1 is 1.31 bits per heavy atom. The number of nitrogens with zero attached hydrogens (tertiary/aromatic N) is 2. The van der Waals surface area contributed by atoms with Gasteiger partial charge in [-0.25, -0.2) is 0 Å². The van der Waals surface area contributed by atoms with Gasteiger partial charge < -0.3 is 9.94 Å². The summed E-state index contributed by atoms with van der Waals surface area (Å²) in [5.74, 6) is 0. The van der Waals surface area contributed by atoms with Gasteiger partial charge in [0, 0.05) is 31.5 Å². The van der Waals surface area contributed by atoms with Gasteiger partial charge >= 0.3 is 0 Å². The Bertz CT molecular complexity index is 267. The van der Waals surface area contributed by atoms with E-state index >= 15 is 0 Å². The third-order valence-electron chi connectivity index (χ3n) is 3.30. The van der Waals surface area contributed by atoms with Gasteiger partial charge in [0.1, 0.15) is 0 Å². The van der Waals surface area contributed by atoms with Crippen LogP contribution in [0.4, 0.5) is 0 Å². The van der Waals surface area contributed by atoms with E-state index in [1.807, 2.05) is 0 Å². The SMILES string of the molecule is CC(C)(C)CN1C2COCC1CC(=NO)C2. The molecular formula is C12H22N2O2. The van der Waals surface area contributed by atoms with Crippen molar-refractivity contribution >= 4 is 5.71 Å². The molecule has 4 heteroatoms. The van der Waals surface area contributed by atoms with E-state index in [1.54, 1.807) is 0 Å². The lowest BCUT2D eigenvalue weighted by molar-refractivity contribution is -0.0651. The Balaban J connectivity index is 2.09. The van der Waals surface area contributed by atoms with Crippen molar-refractivity contribution in [2.75, 3.05) is 19.8 Å². The summed E-state index contributed by atoms with van der Waals surface area (Å²) in [7, 11) is 0. The number of rotatable bonds is 1. The standard InChI is InChI=1S/C12H22N2O2/c1-12(2,3)8-14-10-4-9(13-15)5-11(14)7-16-6-10/h10-11,15H,4-8H2,1-3H3. The molecule has 92 valence electrons. The number of hydrogen-bond acceptors (Lipinski definition) is 4. The average Bonchev–Trinajstić information content (AvgIpc) is 2.14. The maximum atomic E-state index is 8.89. The van der Waals surface area contributed by atoms with E-state index in [0.717, 1.165) is 38.3 Å². The smallest absolute Gasteiger partial charge is 0.0626 e. The minimum atomic E-state index is 0.307. The summed E-state index contributed by atoms with van der Waals surface area (Å²) in [5.41, 5.74) is 1.24. The van der Waals surface area contributed by atoms with Gasteiger partial charge in [0.05, 0.1) is 18.9 Å². The summed E-state index contributed by atoms with van der Waals surface area (Å²) < 4.78 is 5.60. The number of ether oxygens (including phenoxy) is 1. The fourth-order valence-corrected chi connectivity index (χ4v) is 2.70. The number of oxime groups is 1. The van der Waals surface area contributed by atoms with E-state index < -0.39 is 0 Å². The van der Waals surface area contributed by atoms with Crippen LogP contribution in [-0.2, 0) is 4.74 Å². The largest absolute Gasteiger partial charge is 0.411 e. The first-order valence-corrected chi connectivity index (χ1v) is 6.03. The molecule has 0 aromatic heterocycles. The van der Waals surface area contributed by atoms with Crippen LogP contribution >= 0.6 is 0 Å². The van der Waals surface area contributed by atoms with Crippen LogP contribution < -0.4 is 0 Å². The van der Waals surface area contributed by atoms with Crippen molar-refractivity contribution in [1.82, 2.24) is 4.90 Å². The van der Waals surface area contributed by atoms with Gasteiger partial charge in [0.15, 0.2) is 0 Å². The van der Waals surface area contributed by atoms with Crippen molar-refractivity contribution in [2.24, 2.45) is 10.6 Å². The molecule has 2 fully saturated rings. The van der Waals surface area contributed by atoms with Gasteiger partial charge in [-0.15, -0.1) is 0 Å². The lowest BCUT2D eigenvalue weighted by Crippen LogP contribution is -2.58. The lowest BCUT2D eigenvalue weighted by Gasteiger charge is -2.48. The van der Waals surface area contributed by atoms with Gasteiger partial charge in [0.25, 0.3) is 0 Å². The van der Waals surface area contributed by atoms with Crippen LogP contribution in [-0.4, -0.2) is 47.7 Å². The van der Waals surface area contributed by atoms with Gasteiger partial charge in [-0.1, -0.05) is 25.9 Å². The zero-order valence-corrected chi connectivity index (χ0v) is 10.4. The highest BCUT2D eigenvalue weighted by molar-refractivity contribution is 5.86. The van der Waals surface area contributed by atoms with Crippen LogP contribution in [0.5, 0.6) is 0 Å². The van der Waals surface area contributed by atoms with Crippen LogP contribution in [0.15, 0.2) is 5.16 Å². The molecule has 16 heavy (non-hydrogen) atoms. The minimum absolute atomic E-state index is 0.307.